The number of aldehydes is 1. The molecule has 4 N–H and O–H groups in total. The maximum absolute atomic E-state index is 10.6. The number of β-amino-alcohol motifs (C(OH)–C–C–N with tert-alkyl or cyclic N) is 1. The van der Waals surface area contributed by atoms with Crippen LogP contribution in [-0.4, -0.2) is 46.4 Å². The van der Waals surface area contributed by atoms with E-state index < -0.39 is 6.10 Å². The first-order valence-corrected chi connectivity index (χ1v) is 8.16. The maximum Gasteiger partial charge on any atom is 0.130 e. The van der Waals surface area contributed by atoms with Crippen LogP contribution in [0.1, 0.15) is 39.7 Å². The molecule has 0 amide bonds. The van der Waals surface area contributed by atoms with E-state index in [9.17, 15) is 20.1 Å². The SMILES string of the molecule is C[C@@H](CC=O)Cc1c(O)cc(O)cc1OCC(O)CNC(C)(C)C. The van der Waals surface area contributed by atoms with Gasteiger partial charge in [0, 0.05) is 36.2 Å². The highest BCUT2D eigenvalue weighted by atomic mass is 16.5. The Morgan fingerprint density at radius 3 is 2.54 bits per heavy atom. The lowest BCUT2D eigenvalue weighted by Crippen LogP contribution is -2.42. The standard InChI is InChI=1S/C18H29NO5/c1-12(5-6-20)7-15-16(23)8-13(21)9-17(15)24-11-14(22)10-19-18(2,3)4/h6,8-9,12,14,19,21-23H,5,7,10-11H2,1-4H3/t12-,14?/m0/s1. The van der Waals surface area contributed by atoms with E-state index in [0.717, 1.165) is 6.29 Å². The van der Waals surface area contributed by atoms with Crippen molar-refractivity contribution in [3.05, 3.63) is 17.7 Å². The molecule has 0 fully saturated rings. The number of phenols is 2. The fourth-order valence-electron chi connectivity index (χ4n) is 2.22. The largest absolute Gasteiger partial charge is 0.508 e. The summed E-state index contributed by atoms with van der Waals surface area (Å²) in [5.74, 6) is 0.162. The van der Waals surface area contributed by atoms with Crippen molar-refractivity contribution in [3.8, 4) is 17.2 Å². The van der Waals surface area contributed by atoms with Crippen LogP contribution in [0.2, 0.25) is 0 Å². The molecule has 0 spiro atoms. The van der Waals surface area contributed by atoms with Crippen molar-refractivity contribution in [2.24, 2.45) is 5.92 Å². The van der Waals surface area contributed by atoms with Gasteiger partial charge in [-0.1, -0.05) is 6.92 Å². The molecule has 0 aliphatic heterocycles. The number of hydrogen-bond acceptors (Lipinski definition) is 6. The van der Waals surface area contributed by atoms with E-state index in [1.807, 2.05) is 27.7 Å². The Balaban J connectivity index is 2.76. The molecule has 6 nitrogen and oxygen atoms in total. The molecule has 1 unspecified atom stereocenters. The zero-order valence-corrected chi connectivity index (χ0v) is 14.9. The molecule has 1 rings (SSSR count). The summed E-state index contributed by atoms with van der Waals surface area (Å²) in [7, 11) is 0. The summed E-state index contributed by atoms with van der Waals surface area (Å²) in [6, 6.07) is 2.65. The highest BCUT2D eigenvalue weighted by Gasteiger charge is 2.17. The number of aromatic hydroxyl groups is 2. The number of carbonyl (C=O) groups is 1. The lowest BCUT2D eigenvalue weighted by molar-refractivity contribution is -0.108. The van der Waals surface area contributed by atoms with Crippen LogP contribution in [0.15, 0.2) is 12.1 Å². The third kappa shape index (κ3) is 7.19. The number of carbonyl (C=O) groups excluding carboxylic acids is 1. The third-order valence-corrected chi connectivity index (χ3v) is 3.52. The molecule has 136 valence electrons. The van der Waals surface area contributed by atoms with Gasteiger partial charge in [-0.2, -0.15) is 0 Å². The average Bonchev–Trinajstić information content (AvgIpc) is 2.45. The summed E-state index contributed by atoms with van der Waals surface area (Å²) in [6.45, 7) is 8.29. The van der Waals surface area contributed by atoms with Crippen LogP contribution >= 0.6 is 0 Å². The fraction of sp³-hybridized carbons (Fsp3) is 0.611. The van der Waals surface area contributed by atoms with Gasteiger partial charge in [0.2, 0.25) is 0 Å². The van der Waals surface area contributed by atoms with Gasteiger partial charge in [0.25, 0.3) is 0 Å². The molecular formula is C18H29NO5. The number of hydrogen-bond donors (Lipinski definition) is 4. The molecule has 0 radical (unpaired) electrons. The Labute approximate surface area is 143 Å². The van der Waals surface area contributed by atoms with E-state index in [0.29, 0.717) is 30.7 Å². The molecular weight excluding hydrogens is 310 g/mol. The summed E-state index contributed by atoms with van der Waals surface area (Å²) < 4.78 is 5.61. The number of phenolic OH excluding ortho intramolecular Hbond substituents is 2. The van der Waals surface area contributed by atoms with Crippen molar-refractivity contribution in [1.29, 1.82) is 0 Å². The van der Waals surface area contributed by atoms with Crippen molar-refractivity contribution in [3.63, 3.8) is 0 Å². The Morgan fingerprint density at radius 1 is 1.29 bits per heavy atom. The summed E-state index contributed by atoms with van der Waals surface area (Å²) in [4.78, 5) is 10.6. The topological polar surface area (TPSA) is 99.0 Å². The number of rotatable bonds is 9. The van der Waals surface area contributed by atoms with Crippen LogP contribution in [-0.2, 0) is 11.2 Å². The van der Waals surface area contributed by atoms with Gasteiger partial charge in [0.1, 0.15) is 36.2 Å². The molecule has 2 atom stereocenters. The van der Waals surface area contributed by atoms with Crippen LogP contribution in [0.25, 0.3) is 0 Å². The van der Waals surface area contributed by atoms with E-state index in [4.69, 9.17) is 4.74 Å². The summed E-state index contributed by atoms with van der Waals surface area (Å²) in [5, 5.41) is 32.9. The monoisotopic (exact) mass is 339 g/mol. The van der Waals surface area contributed by atoms with Crippen LogP contribution < -0.4 is 10.1 Å². The van der Waals surface area contributed by atoms with Gasteiger partial charge >= 0.3 is 0 Å². The van der Waals surface area contributed by atoms with Crippen LogP contribution in [0.4, 0.5) is 0 Å². The predicted octanol–water partition coefficient (Wildman–Crippen LogP) is 1.99. The predicted molar refractivity (Wildman–Crippen MR) is 92.6 cm³/mol. The van der Waals surface area contributed by atoms with Gasteiger partial charge in [-0.25, -0.2) is 0 Å². The number of nitrogens with one attached hydrogen (secondary N) is 1. The molecule has 6 heteroatoms. The van der Waals surface area contributed by atoms with Crippen molar-refractivity contribution < 1.29 is 24.9 Å². The number of aliphatic hydroxyl groups is 1. The summed E-state index contributed by atoms with van der Waals surface area (Å²) >= 11 is 0. The molecule has 0 saturated carbocycles. The highest BCUT2D eigenvalue weighted by Crippen LogP contribution is 2.35. The van der Waals surface area contributed by atoms with Crippen molar-refractivity contribution in [2.45, 2.75) is 52.2 Å². The molecule has 0 aromatic heterocycles. The zero-order valence-electron chi connectivity index (χ0n) is 14.9. The molecule has 1 aromatic rings. The van der Waals surface area contributed by atoms with E-state index in [1.54, 1.807) is 0 Å². The van der Waals surface area contributed by atoms with Crippen molar-refractivity contribution in [2.75, 3.05) is 13.2 Å². The van der Waals surface area contributed by atoms with E-state index >= 15 is 0 Å². The second-order valence-corrected chi connectivity index (χ2v) is 7.25. The summed E-state index contributed by atoms with van der Waals surface area (Å²) in [5.41, 5.74) is 0.415. The van der Waals surface area contributed by atoms with Gasteiger partial charge in [-0.05, 0) is 33.1 Å². The first-order valence-electron chi connectivity index (χ1n) is 8.16. The smallest absolute Gasteiger partial charge is 0.130 e. The number of ether oxygens (including phenoxy) is 1. The fourth-order valence-corrected chi connectivity index (χ4v) is 2.22. The highest BCUT2D eigenvalue weighted by molar-refractivity contribution is 5.52. The first kappa shape index (κ1) is 20.3. The van der Waals surface area contributed by atoms with Crippen molar-refractivity contribution in [1.82, 2.24) is 5.32 Å². The number of aliphatic hydroxyl groups excluding tert-OH is 1. The van der Waals surface area contributed by atoms with E-state index in [-0.39, 0.29) is 29.6 Å². The lowest BCUT2D eigenvalue weighted by atomic mass is 9.97. The lowest BCUT2D eigenvalue weighted by Gasteiger charge is -2.23. The quantitative estimate of drug-likeness (QED) is 0.514. The maximum atomic E-state index is 10.6. The first-order chi connectivity index (χ1) is 11.1. The van der Waals surface area contributed by atoms with Crippen LogP contribution in [0, 0.1) is 5.92 Å². The molecule has 24 heavy (non-hydrogen) atoms. The van der Waals surface area contributed by atoms with E-state index in [2.05, 4.69) is 5.32 Å². The van der Waals surface area contributed by atoms with E-state index in [1.165, 1.54) is 12.1 Å². The Morgan fingerprint density at radius 2 is 1.96 bits per heavy atom. The Hall–Kier alpha value is -1.79. The molecule has 0 saturated heterocycles. The second-order valence-electron chi connectivity index (χ2n) is 7.25. The Kier molecular flexibility index (Phi) is 7.51. The van der Waals surface area contributed by atoms with Gasteiger partial charge in [0.05, 0.1) is 0 Å². The minimum absolute atomic E-state index is 0.0288. The molecule has 0 heterocycles. The second kappa shape index (κ2) is 8.89. The average molecular weight is 339 g/mol. The van der Waals surface area contributed by atoms with Gasteiger partial charge < -0.3 is 30.2 Å². The minimum atomic E-state index is -0.728. The molecule has 0 bridgehead atoms. The molecule has 0 aliphatic carbocycles. The van der Waals surface area contributed by atoms with Gasteiger partial charge in [-0.3, -0.25) is 0 Å². The van der Waals surface area contributed by atoms with Gasteiger partial charge in [-0.15, -0.1) is 0 Å². The third-order valence-electron chi connectivity index (χ3n) is 3.52. The zero-order chi connectivity index (χ0) is 18.3. The van der Waals surface area contributed by atoms with Crippen molar-refractivity contribution >= 4 is 6.29 Å². The minimum Gasteiger partial charge on any atom is -0.508 e. The normalized spacial score (nSPS) is 14.2. The van der Waals surface area contributed by atoms with Crippen LogP contribution in [0.3, 0.4) is 0 Å². The number of benzene rings is 1. The van der Waals surface area contributed by atoms with Crippen LogP contribution in [0.5, 0.6) is 17.2 Å². The molecule has 0 aliphatic rings. The summed E-state index contributed by atoms with van der Waals surface area (Å²) in [6.07, 6.45) is 0.924. The van der Waals surface area contributed by atoms with Gasteiger partial charge in [0.15, 0.2) is 0 Å². The molecule has 1 aromatic carbocycles. The Bertz CT molecular complexity index is 539.